The molecule has 0 aliphatic heterocycles. The zero-order chi connectivity index (χ0) is 4.99. The van der Waals surface area contributed by atoms with Gasteiger partial charge in [0.25, 0.3) is 0 Å². The Kier molecular flexibility index (Phi) is 6.63. The first-order chi connectivity index (χ1) is 2.77. The molecule has 0 amide bonds. The number of methoxy groups -OCH3 is 1. The molecule has 0 spiro atoms. The van der Waals surface area contributed by atoms with Gasteiger partial charge in [-0.3, -0.25) is 0 Å². The van der Waals surface area contributed by atoms with E-state index in [4.69, 9.17) is 4.74 Å². The first-order valence-electron chi connectivity index (χ1n) is 2.09. The molecule has 2 heteroatoms. The first kappa shape index (κ1) is 9.35. The Morgan fingerprint density at radius 2 is 2.14 bits per heavy atom. The van der Waals surface area contributed by atoms with Crippen LogP contribution in [0.1, 0.15) is 6.92 Å². The molecule has 0 aromatic carbocycles. The summed E-state index contributed by atoms with van der Waals surface area (Å²) < 4.78 is 4.74. The Morgan fingerprint density at radius 3 is 2.14 bits per heavy atom. The molecule has 0 rings (SSSR count). The molecule has 1 atom stereocenters. The van der Waals surface area contributed by atoms with Gasteiger partial charge in [0.05, 0.1) is 0 Å². The number of ether oxygens (including phenoxy) is 1. The third-order valence-electron chi connectivity index (χ3n) is 0.451. The van der Waals surface area contributed by atoms with E-state index in [1.807, 2.05) is 6.92 Å². The molecular formula is C5H11ORf-. The van der Waals surface area contributed by atoms with Crippen molar-refractivity contribution in [2.75, 3.05) is 13.7 Å². The fourth-order valence-corrected chi connectivity index (χ4v) is 0.285. The Bertz CT molecular complexity index is 29.3. The largest absolute Gasteiger partial charge is 0.387 e. The molecule has 0 saturated carbocycles. The van der Waals surface area contributed by atoms with Crippen LogP contribution in [0.4, 0.5) is 0 Å². The minimum Gasteiger partial charge on any atom is -0.387 e. The smallest absolute Gasteiger partial charge is 0.0353 e. The minimum atomic E-state index is 0. The van der Waals surface area contributed by atoms with Gasteiger partial charge in [-0.25, -0.2) is 0 Å². The molecule has 0 bridgehead atoms. The first-order valence-corrected chi connectivity index (χ1v) is 2.09. The van der Waals surface area contributed by atoms with Crippen LogP contribution in [0.5, 0.6) is 0 Å². The quantitative estimate of drug-likeness (QED) is 0.675. The summed E-state index contributed by atoms with van der Waals surface area (Å²) in [5.41, 5.74) is 0. The Hall–Kier alpha value is -1.04. The average Bonchev–Trinajstić information content (AvgIpc) is 1.35. The van der Waals surface area contributed by atoms with Crippen LogP contribution in [0.15, 0.2) is 0 Å². The van der Waals surface area contributed by atoms with E-state index in [1.165, 1.54) is 0 Å². The van der Waals surface area contributed by atoms with Crippen molar-refractivity contribution >= 4 is 0 Å². The topological polar surface area (TPSA) is 9.23 Å². The van der Waals surface area contributed by atoms with Gasteiger partial charge in [0.2, 0.25) is 0 Å². The van der Waals surface area contributed by atoms with E-state index in [0.717, 1.165) is 6.61 Å². The zero-order valence-electron chi connectivity index (χ0n) is 5.11. The summed E-state index contributed by atoms with van der Waals surface area (Å²) in [6.45, 7) is 6.48. The van der Waals surface area contributed by atoms with Crippen LogP contribution in [0.25, 0.3) is 0 Å². The van der Waals surface area contributed by atoms with E-state index >= 15 is 0 Å². The molecule has 0 aromatic heterocycles. The molecular weight excluding hydrogens is 343 g/mol. The van der Waals surface area contributed by atoms with E-state index in [2.05, 4.69) is 6.92 Å². The molecule has 0 saturated heterocycles. The van der Waals surface area contributed by atoms with Crippen LogP contribution >= 0.6 is 0 Å². The van der Waals surface area contributed by atoms with Crippen molar-refractivity contribution in [2.24, 2.45) is 5.92 Å². The van der Waals surface area contributed by atoms with Crippen LogP contribution < -0.4 is 0 Å². The SMILES string of the molecule is [CH2-]C(C)COC.[Rf]. The van der Waals surface area contributed by atoms with E-state index in [1.54, 1.807) is 7.11 Å². The second-order valence-corrected chi connectivity index (χ2v) is 1.56. The number of rotatable bonds is 2. The molecule has 0 aliphatic carbocycles. The zero-order valence-corrected chi connectivity index (χ0v) is 11.5. The van der Waals surface area contributed by atoms with Gasteiger partial charge in [-0.2, -0.15) is 0 Å². The maximum Gasteiger partial charge on any atom is 0.0353 e. The van der Waals surface area contributed by atoms with Gasteiger partial charge < -0.3 is 11.7 Å². The van der Waals surface area contributed by atoms with Crippen molar-refractivity contribution in [3.05, 3.63) is 6.92 Å². The van der Waals surface area contributed by atoms with Gasteiger partial charge in [0, 0.05) is 13.7 Å². The third kappa shape index (κ3) is 11.3. The van der Waals surface area contributed by atoms with Crippen molar-refractivity contribution in [3.63, 3.8) is 0 Å². The summed E-state index contributed by atoms with van der Waals surface area (Å²) in [6, 6.07) is 0. The Morgan fingerprint density at radius 1 is 1.71 bits per heavy atom. The Balaban J connectivity index is 0. The molecule has 7 heavy (non-hydrogen) atoms. The van der Waals surface area contributed by atoms with Crippen LogP contribution in [-0.4, -0.2) is 13.7 Å². The Labute approximate surface area is 39.3 Å². The number of hydrogen-bond donors (Lipinski definition) is 0. The molecule has 0 radical (unpaired) electrons. The van der Waals surface area contributed by atoms with Gasteiger partial charge in [0.15, 0.2) is 0 Å². The van der Waals surface area contributed by atoms with Gasteiger partial charge >= 0.3 is 0 Å². The second kappa shape index (κ2) is 4.96. The van der Waals surface area contributed by atoms with Crippen LogP contribution in [0.3, 0.4) is 0 Å². The maximum atomic E-state index is 4.74. The fourth-order valence-electron chi connectivity index (χ4n) is 0.285. The van der Waals surface area contributed by atoms with Gasteiger partial charge in [0.1, 0.15) is 0 Å². The van der Waals surface area contributed by atoms with E-state index in [-0.39, 0.29) is 0 Å². The van der Waals surface area contributed by atoms with E-state index < -0.39 is 0 Å². The monoisotopic (exact) mass is 354 g/mol. The molecule has 1 nitrogen and oxygen atoms in total. The molecule has 0 fully saturated rings. The predicted molar refractivity (Wildman–Crippen MR) is 26.4 cm³/mol. The summed E-state index contributed by atoms with van der Waals surface area (Å²) in [7, 11) is 1.68. The van der Waals surface area contributed by atoms with Gasteiger partial charge in [-0.05, 0) is 0 Å². The fraction of sp³-hybridized carbons (Fsp3) is 0.800. The average molecular weight is 354 g/mol. The van der Waals surface area contributed by atoms with Gasteiger partial charge in [-0.1, -0.05) is 6.92 Å². The van der Waals surface area contributed by atoms with Crippen molar-refractivity contribution in [1.29, 1.82) is 0 Å². The number of hydrogen-bond acceptors (Lipinski definition) is 1. The van der Waals surface area contributed by atoms with Crippen molar-refractivity contribution < 1.29 is 4.74 Å². The van der Waals surface area contributed by atoms with Crippen molar-refractivity contribution in [2.45, 2.75) is 6.92 Å². The summed E-state index contributed by atoms with van der Waals surface area (Å²) in [4.78, 5) is 0. The normalized spacial score (nSPS) is 12.4. The van der Waals surface area contributed by atoms with Crippen LogP contribution in [0.2, 0.25) is 0 Å². The minimum absolute atomic E-state index is 0. The summed E-state index contributed by atoms with van der Waals surface area (Å²) >= 11 is 0. The maximum absolute atomic E-state index is 4.74. The summed E-state index contributed by atoms with van der Waals surface area (Å²) in [6.07, 6.45) is 0. The summed E-state index contributed by atoms with van der Waals surface area (Å²) in [5, 5.41) is 0. The molecule has 0 N–H and O–H groups in total. The molecule has 0 heterocycles. The predicted octanol–water partition coefficient (Wildman–Crippen LogP) is 1.10. The second-order valence-electron chi connectivity index (χ2n) is 1.56. The molecule has 40 valence electrons. The molecule has 1 unspecified atom stereocenters. The molecule has 0 aliphatic rings. The molecule has 0 aromatic rings. The van der Waals surface area contributed by atoms with E-state index in [9.17, 15) is 0 Å². The standard InChI is InChI=1S/C5H11O.Rf/c1-5(2)4-6-3;/h5H,1,4H2,2-3H3;/q-1;. The van der Waals surface area contributed by atoms with Crippen LogP contribution in [0, 0.1) is 12.8 Å². The summed E-state index contributed by atoms with van der Waals surface area (Å²) in [5.74, 6) is 0.426. The van der Waals surface area contributed by atoms with Crippen LogP contribution in [-0.2, 0) is 4.74 Å². The van der Waals surface area contributed by atoms with Crippen molar-refractivity contribution in [1.82, 2.24) is 0 Å². The van der Waals surface area contributed by atoms with Crippen molar-refractivity contribution in [3.8, 4) is 0 Å². The van der Waals surface area contributed by atoms with E-state index in [0.29, 0.717) is 5.92 Å². The third-order valence-corrected chi connectivity index (χ3v) is 0.451. The van der Waals surface area contributed by atoms with Gasteiger partial charge in [-0.15, -0.1) is 5.92 Å².